The molecular weight excluding hydrogens is 320 g/mol. The standard InChI is InChI=1S/C18H28N4O3/c1-16(2)11-6-8-18(16,5)12(10-11)20-21-13(23)7-9-22-14(24)17(3,4)19-15(22)25/h11H,6-10H2,1-5H3,(H,19,25)(H,21,23)/b20-12-/t11-,18+/m1/s1. The third-order valence-corrected chi connectivity index (χ3v) is 6.83. The molecular formula is C18H28N4O3. The van der Waals surface area contributed by atoms with Crippen molar-refractivity contribution in [3.63, 3.8) is 0 Å². The third-order valence-electron chi connectivity index (χ3n) is 6.83. The molecule has 3 fully saturated rings. The molecule has 0 aromatic rings. The zero-order chi connectivity index (χ0) is 18.6. The van der Waals surface area contributed by atoms with Gasteiger partial charge in [0.1, 0.15) is 5.54 Å². The van der Waals surface area contributed by atoms with Crippen molar-refractivity contribution >= 4 is 23.6 Å². The number of hydrogen-bond donors (Lipinski definition) is 2. The number of carbonyl (C=O) groups is 3. The summed E-state index contributed by atoms with van der Waals surface area (Å²) in [6, 6.07) is -0.448. The second-order valence-corrected chi connectivity index (χ2v) is 8.85. The molecule has 2 bridgehead atoms. The van der Waals surface area contributed by atoms with Crippen molar-refractivity contribution in [2.24, 2.45) is 21.8 Å². The molecule has 0 unspecified atom stereocenters. The first-order valence-electron chi connectivity index (χ1n) is 8.99. The van der Waals surface area contributed by atoms with Crippen LogP contribution in [0.3, 0.4) is 0 Å². The van der Waals surface area contributed by atoms with Gasteiger partial charge in [-0.25, -0.2) is 10.2 Å². The van der Waals surface area contributed by atoms with Gasteiger partial charge < -0.3 is 5.32 Å². The maximum atomic E-state index is 12.1. The van der Waals surface area contributed by atoms with E-state index < -0.39 is 11.6 Å². The molecule has 2 atom stereocenters. The SMILES string of the molecule is CC1(C)NC(=O)N(CCC(=O)N/N=C2/C[C@H]3CC[C@]2(C)C3(C)C)C1=O. The maximum absolute atomic E-state index is 12.1. The van der Waals surface area contributed by atoms with Crippen LogP contribution in [0.15, 0.2) is 5.10 Å². The molecule has 0 radical (unpaired) electrons. The predicted octanol–water partition coefficient (Wildman–Crippen LogP) is 2.03. The number of hydrogen-bond acceptors (Lipinski definition) is 4. The lowest BCUT2D eigenvalue weighted by molar-refractivity contribution is -0.130. The van der Waals surface area contributed by atoms with Crippen LogP contribution in [-0.2, 0) is 9.59 Å². The van der Waals surface area contributed by atoms with E-state index in [2.05, 4.69) is 36.6 Å². The molecule has 3 aliphatic rings. The first kappa shape index (κ1) is 17.9. The Morgan fingerprint density at radius 1 is 1.28 bits per heavy atom. The fourth-order valence-electron chi connectivity index (χ4n) is 4.52. The van der Waals surface area contributed by atoms with E-state index in [1.165, 1.54) is 6.42 Å². The van der Waals surface area contributed by atoms with Crippen LogP contribution in [0.5, 0.6) is 0 Å². The zero-order valence-electron chi connectivity index (χ0n) is 15.7. The highest BCUT2D eigenvalue weighted by atomic mass is 16.2. The fraction of sp³-hybridized carbons (Fsp3) is 0.778. The summed E-state index contributed by atoms with van der Waals surface area (Å²) in [4.78, 5) is 37.1. The van der Waals surface area contributed by atoms with Gasteiger partial charge in [-0.2, -0.15) is 5.10 Å². The minimum atomic E-state index is -0.906. The van der Waals surface area contributed by atoms with Crippen LogP contribution in [0.25, 0.3) is 0 Å². The molecule has 0 aromatic heterocycles. The van der Waals surface area contributed by atoms with Crippen molar-refractivity contribution in [2.45, 2.75) is 65.8 Å². The molecule has 1 aliphatic heterocycles. The second-order valence-electron chi connectivity index (χ2n) is 8.85. The Morgan fingerprint density at radius 3 is 2.44 bits per heavy atom. The number of urea groups is 1. The summed E-state index contributed by atoms with van der Waals surface area (Å²) in [5.74, 6) is 0.0438. The van der Waals surface area contributed by atoms with Crippen LogP contribution in [-0.4, -0.2) is 40.5 Å². The molecule has 7 nitrogen and oxygen atoms in total. The van der Waals surface area contributed by atoms with Gasteiger partial charge in [-0.1, -0.05) is 20.8 Å². The van der Waals surface area contributed by atoms with Crippen LogP contribution in [0, 0.1) is 16.7 Å². The number of fused-ring (bicyclic) bond motifs is 2. The molecule has 2 saturated carbocycles. The quantitative estimate of drug-likeness (QED) is 0.601. The molecule has 1 heterocycles. The maximum Gasteiger partial charge on any atom is 0.325 e. The van der Waals surface area contributed by atoms with Crippen LogP contribution < -0.4 is 10.7 Å². The van der Waals surface area contributed by atoms with Crippen LogP contribution in [0.2, 0.25) is 0 Å². The Bertz CT molecular complexity index is 667. The summed E-state index contributed by atoms with van der Waals surface area (Å²) in [5, 5.41) is 7.00. The number of imide groups is 1. The van der Waals surface area contributed by atoms with Gasteiger partial charge in [-0.05, 0) is 44.4 Å². The summed E-state index contributed by atoms with van der Waals surface area (Å²) in [5.41, 5.74) is 3.04. The van der Waals surface area contributed by atoms with E-state index in [-0.39, 0.29) is 35.6 Å². The molecule has 138 valence electrons. The van der Waals surface area contributed by atoms with Gasteiger partial charge >= 0.3 is 6.03 Å². The average Bonchev–Trinajstić information content (AvgIpc) is 2.94. The highest BCUT2D eigenvalue weighted by molar-refractivity contribution is 6.06. The molecule has 2 aliphatic carbocycles. The second kappa shape index (κ2) is 5.54. The molecule has 2 N–H and O–H groups in total. The van der Waals surface area contributed by atoms with E-state index in [0.29, 0.717) is 5.92 Å². The molecule has 7 heteroatoms. The fourth-order valence-corrected chi connectivity index (χ4v) is 4.52. The normalized spacial score (nSPS) is 33.9. The first-order chi connectivity index (χ1) is 11.5. The van der Waals surface area contributed by atoms with Gasteiger partial charge in [-0.15, -0.1) is 0 Å². The Labute approximate surface area is 148 Å². The minimum absolute atomic E-state index is 0.0414. The first-order valence-corrected chi connectivity index (χ1v) is 8.99. The van der Waals surface area contributed by atoms with Crippen LogP contribution >= 0.6 is 0 Å². The van der Waals surface area contributed by atoms with Crippen molar-refractivity contribution in [2.75, 3.05) is 6.54 Å². The van der Waals surface area contributed by atoms with Gasteiger partial charge in [0.2, 0.25) is 5.91 Å². The van der Waals surface area contributed by atoms with Crippen molar-refractivity contribution in [1.82, 2.24) is 15.6 Å². The van der Waals surface area contributed by atoms with Gasteiger partial charge in [-0.3, -0.25) is 14.5 Å². The van der Waals surface area contributed by atoms with E-state index >= 15 is 0 Å². The largest absolute Gasteiger partial charge is 0.325 e. The average molecular weight is 348 g/mol. The van der Waals surface area contributed by atoms with E-state index in [1.807, 2.05) is 0 Å². The highest BCUT2D eigenvalue weighted by Crippen LogP contribution is 2.63. The molecule has 3 rings (SSSR count). The number of rotatable bonds is 4. The van der Waals surface area contributed by atoms with Crippen molar-refractivity contribution in [3.8, 4) is 0 Å². The van der Waals surface area contributed by atoms with E-state index in [0.717, 1.165) is 23.5 Å². The number of nitrogens with one attached hydrogen (secondary N) is 2. The summed E-state index contributed by atoms with van der Waals surface area (Å²) in [6.45, 7) is 10.2. The van der Waals surface area contributed by atoms with E-state index in [1.54, 1.807) is 13.8 Å². The number of carbonyl (C=O) groups excluding carboxylic acids is 3. The van der Waals surface area contributed by atoms with E-state index in [9.17, 15) is 14.4 Å². The Hall–Kier alpha value is -1.92. The summed E-state index contributed by atoms with van der Waals surface area (Å²) < 4.78 is 0. The van der Waals surface area contributed by atoms with Gasteiger partial charge in [0.25, 0.3) is 5.91 Å². The third kappa shape index (κ3) is 2.64. The van der Waals surface area contributed by atoms with Crippen LogP contribution in [0.1, 0.15) is 60.3 Å². The van der Waals surface area contributed by atoms with E-state index in [4.69, 9.17) is 0 Å². The molecule has 1 saturated heterocycles. The Balaban J connectivity index is 1.56. The van der Waals surface area contributed by atoms with Gasteiger partial charge in [0, 0.05) is 24.1 Å². The number of nitrogens with zero attached hydrogens (tertiary/aromatic N) is 2. The lowest BCUT2D eigenvalue weighted by atomic mass is 9.70. The lowest BCUT2D eigenvalue weighted by Gasteiger charge is -2.34. The van der Waals surface area contributed by atoms with Crippen molar-refractivity contribution in [1.29, 1.82) is 0 Å². The Kier molecular flexibility index (Phi) is 3.96. The molecule has 0 aromatic carbocycles. The smallest absolute Gasteiger partial charge is 0.324 e. The zero-order valence-corrected chi connectivity index (χ0v) is 15.7. The molecule has 0 spiro atoms. The van der Waals surface area contributed by atoms with Crippen molar-refractivity contribution < 1.29 is 14.4 Å². The topological polar surface area (TPSA) is 90.9 Å². The monoisotopic (exact) mass is 348 g/mol. The number of hydrazone groups is 1. The van der Waals surface area contributed by atoms with Gasteiger partial charge in [0.05, 0.1) is 0 Å². The minimum Gasteiger partial charge on any atom is -0.324 e. The summed E-state index contributed by atoms with van der Waals surface area (Å²) in [6.07, 6.45) is 3.32. The predicted molar refractivity (Wildman–Crippen MR) is 93.7 cm³/mol. The highest BCUT2D eigenvalue weighted by Gasteiger charge is 2.60. The van der Waals surface area contributed by atoms with Crippen LogP contribution in [0.4, 0.5) is 4.79 Å². The summed E-state index contributed by atoms with van der Waals surface area (Å²) >= 11 is 0. The van der Waals surface area contributed by atoms with Crippen molar-refractivity contribution in [3.05, 3.63) is 0 Å². The van der Waals surface area contributed by atoms with Gasteiger partial charge in [0.15, 0.2) is 0 Å². The number of amides is 4. The summed E-state index contributed by atoms with van der Waals surface area (Å²) in [7, 11) is 0. The Morgan fingerprint density at radius 2 is 1.96 bits per heavy atom. The molecule has 4 amide bonds. The lowest BCUT2D eigenvalue weighted by Crippen LogP contribution is -2.40. The molecule has 25 heavy (non-hydrogen) atoms.